The smallest absolute Gasteiger partial charge is 0.337 e. The Kier molecular flexibility index (Phi) is 7.98. The van der Waals surface area contributed by atoms with Crippen molar-refractivity contribution in [2.24, 2.45) is 4.99 Å². The lowest BCUT2D eigenvalue weighted by atomic mass is 10.2. The van der Waals surface area contributed by atoms with Gasteiger partial charge in [0, 0.05) is 7.05 Å². The molecule has 0 bridgehead atoms. The Balaban J connectivity index is 1.88. The van der Waals surface area contributed by atoms with E-state index in [-0.39, 0.29) is 5.91 Å². The van der Waals surface area contributed by atoms with E-state index in [0.717, 1.165) is 10.0 Å². The molecular weight excluding hydrogens is 496 g/mol. The standard InChI is InChI=1S/C23H23BrN2O5S/c1-5-30-18-12-14(11-17(24)20(18)31-6-2)13-19-21(27)26(3)23(32-19)25-16-9-7-15(8-10-16)22(28)29-4/h7-13H,5-6H2,1-4H3. The molecule has 3 rings (SSSR count). The van der Waals surface area contributed by atoms with Crippen molar-refractivity contribution < 1.29 is 23.8 Å². The Hall–Kier alpha value is -2.78. The summed E-state index contributed by atoms with van der Waals surface area (Å²) in [6.45, 7) is 4.82. The van der Waals surface area contributed by atoms with Gasteiger partial charge in [0.05, 0.1) is 41.0 Å². The molecule has 1 amide bonds. The fourth-order valence-electron chi connectivity index (χ4n) is 2.92. The molecule has 2 aromatic carbocycles. The second-order valence-electron chi connectivity index (χ2n) is 6.60. The first kappa shape index (κ1) is 23.9. The third-order valence-corrected chi connectivity index (χ3v) is 6.08. The van der Waals surface area contributed by atoms with Gasteiger partial charge in [-0.05, 0) is 89.6 Å². The summed E-state index contributed by atoms with van der Waals surface area (Å²) in [5, 5.41) is 0.544. The highest BCUT2D eigenvalue weighted by Gasteiger charge is 2.30. The molecular formula is C23H23BrN2O5S. The lowest BCUT2D eigenvalue weighted by Gasteiger charge is -2.13. The molecule has 0 radical (unpaired) electrons. The minimum absolute atomic E-state index is 0.150. The van der Waals surface area contributed by atoms with Crippen LogP contribution in [-0.4, -0.2) is 49.3 Å². The molecule has 1 saturated heterocycles. The van der Waals surface area contributed by atoms with Crippen molar-refractivity contribution in [3.63, 3.8) is 0 Å². The number of methoxy groups -OCH3 is 1. The highest BCUT2D eigenvalue weighted by molar-refractivity contribution is 9.10. The van der Waals surface area contributed by atoms with Crippen LogP contribution in [0.1, 0.15) is 29.8 Å². The molecule has 0 aliphatic carbocycles. The van der Waals surface area contributed by atoms with Crippen LogP contribution in [0.2, 0.25) is 0 Å². The molecule has 0 spiro atoms. The zero-order valence-electron chi connectivity index (χ0n) is 18.2. The van der Waals surface area contributed by atoms with E-state index < -0.39 is 5.97 Å². The lowest BCUT2D eigenvalue weighted by Crippen LogP contribution is -2.23. The van der Waals surface area contributed by atoms with E-state index in [1.807, 2.05) is 26.0 Å². The first-order valence-electron chi connectivity index (χ1n) is 9.91. The number of halogens is 1. The van der Waals surface area contributed by atoms with Crippen molar-refractivity contribution in [1.82, 2.24) is 4.90 Å². The number of amidine groups is 1. The Morgan fingerprint density at radius 2 is 1.84 bits per heavy atom. The third kappa shape index (κ3) is 5.34. The summed E-state index contributed by atoms with van der Waals surface area (Å²) < 4.78 is 16.8. The highest BCUT2D eigenvalue weighted by Crippen LogP contribution is 2.39. The number of nitrogens with zero attached hydrogens (tertiary/aromatic N) is 2. The summed E-state index contributed by atoms with van der Waals surface area (Å²) in [6, 6.07) is 10.4. The Morgan fingerprint density at radius 3 is 2.47 bits per heavy atom. The maximum absolute atomic E-state index is 12.8. The minimum Gasteiger partial charge on any atom is -0.490 e. The van der Waals surface area contributed by atoms with Crippen LogP contribution in [0.5, 0.6) is 11.5 Å². The molecule has 168 valence electrons. The van der Waals surface area contributed by atoms with Gasteiger partial charge in [-0.25, -0.2) is 9.79 Å². The average Bonchev–Trinajstić information content (AvgIpc) is 3.04. The largest absolute Gasteiger partial charge is 0.490 e. The second-order valence-corrected chi connectivity index (χ2v) is 8.47. The topological polar surface area (TPSA) is 77.4 Å². The maximum Gasteiger partial charge on any atom is 0.337 e. The number of aliphatic imine (C=N–C) groups is 1. The molecule has 2 aromatic rings. The average molecular weight is 519 g/mol. The lowest BCUT2D eigenvalue weighted by molar-refractivity contribution is -0.121. The molecule has 1 heterocycles. The molecule has 1 aliphatic heterocycles. The Labute approximate surface area is 199 Å². The van der Waals surface area contributed by atoms with Crippen molar-refractivity contribution in [3.8, 4) is 11.5 Å². The summed E-state index contributed by atoms with van der Waals surface area (Å²) in [7, 11) is 3.01. The van der Waals surface area contributed by atoms with Crippen LogP contribution in [0.25, 0.3) is 6.08 Å². The fraction of sp³-hybridized carbons (Fsp3) is 0.261. The first-order chi connectivity index (χ1) is 15.4. The zero-order chi connectivity index (χ0) is 23.3. The molecule has 0 unspecified atom stereocenters. The number of amides is 1. The summed E-state index contributed by atoms with van der Waals surface area (Å²) in [6.07, 6.45) is 1.80. The molecule has 0 saturated carbocycles. The van der Waals surface area contributed by atoms with E-state index in [4.69, 9.17) is 14.2 Å². The maximum atomic E-state index is 12.8. The Morgan fingerprint density at radius 1 is 1.16 bits per heavy atom. The number of carbonyl (C=O) groups excluding carboxylic acids is 2. The number of rotatable bonds is 7. The summed E-state index contributed by atoms with van der Waals surface area (Å²) >= 11 is 4.81. The monoisotopic (exact) mass is 518 g/mol. The number of benzene rings is 2. The minimum atomic E-state index is -0.412. The number of likely N-dealkylation sites (N-methyl/N-ethyl adjacent to an activating group) is 1. The van der Waals surface area contributed by atoms with E-state index in [0.29, 0.717) is 46.0 Å². The summed E-state index contributed by atoms with van der Waals surface area (Å²) in [5.41, 5.74) is 1.87. The van der Waals surface area contributed by atoms with Gasteiger partial charge in [0.1, 0.15) is 0 Å². The van der Waals surface area contributed by atoms with Crippen LogP contribution in [0, 0.1) is 0 Å². The molecule has 0 atom stereocenters. The van der Waals surface area contributed by atoms with Gasteiger partial charge in [0.25, 0.3) is 5.91 Å². The van der Waals surface area contributed by atoms with E-state index in [1.54, 1.807) is 37.4 Å². The molecule has 0 aromatic heterocycles. The van der Waals surface area contributed by atoms with E-state index in [2.05, 4.69) is 20.9 Å². The van der Waals surface area contributed by atoms with Gasteiger partial charge in [-0.3, -0.25) is 9.69 Å². The van der Waals surface area contributed by atoms with Gasteiger partial charge in [0.15, 0.2) is 16.7 Å². The van der Waals surface area contributed by atoms with Crippen molar-refractivity contribution in [2.45, 2.75) is 13.8 Å². The van der Waals surface area contributed by atoms with Gasteiger partial charge < -0.3 is 14.2 Å². The van der Waals surface area contributed by atoms with Crippen LogP contribution < -0.4 is 9.47 Å². The SMILES string of the molecule is CCOc1cc(C=C2SC(=Nc3ccc(C(=O)OC)cc3)N(C)C2=O)cc(Br)c1OCC. The Bertz CT molecular complexity index is 1080. The van der Waals surface area contributed by atoms with Crippen LogP contribution in [0.15, 0.2) is 50.8 Å². The number of carbonyl (C=O) groups is 2. The zero-order valence-corrected chi connectivity index (χ0v) is 20.6. The fourth-order valence-corrected chi connectivity index (χ4v) is 4.48. The molecule has 7 nitrogen and oxygen atoms in total. The van der Waals surface area contributed by atoms with Crippen molar-refractivity contribution in [2.75, 3.05) is 27.4 Å². The van der Waals surface area contributed by atoms with E-state index in [9.17, 15) is 9.59 Å². The number of esters is 1. The summed E-state index contributed by atoms with van der Waals surface area (Å²) in [4.78, 5) is 31.0. The van der Waals surface area contributed by atoms with Crippen LogP contribution in [0.3, 0.4) is 0 Å². The third-order valence-electron chi connectivity index (χ3n) is 4.43. The van der Waals surface area contributed by atoms with Crippen LogP contribution in [-0.2, 0) is 9.53 Å². The van der Waals surface area contributed by atoms with Crippen LogP contribution >= 0.6 is 27.7 Å². The predicted octanol–water partition coefficient (Wildman–Crippen LogP) is 5.27. The number of hydrogen-bond donors (Lipinski definition) is 0. The first-order valence-corrected chi connectivity index (χ1v) is 11.5. The highest BCUT2D eigenvalue weighted by atomic mass is 79.9. The van der Waals surface area contributed by atoms with Gasteiger partial charge in [-0.15, -0.1) is 0 Å². The summed E-state index contributed by atoms with van der Waals surface area (Å²) in [5.74, 6) is 0.684. The van der Waals surface area contributed by atoms with Gasteiger partial charge in [-0.1, -0.05) is 0 Å². The van der Waals surface area contributed by atoms with Crippen molar-refractivity contribution in [3.05, 3.63) is 56.9 Å². The number of thioether (sulfide) groups is 1. The molecule has 0 N–H and O–H groups in total. The normalized spacial score (nSPS) is 16.0. The molecule has 1 fully saturated rings. The van der Waals surface area contributed by atoms with Gasteiger partial charge in [-0.2, -0.15) is 0 Å². The van der Waals surface area contributed by atoms with Gasteiger partial charge >= 0.3 is 5.97 Å². The van der Waals surface area contributed by atoms with E-state index in [1.165, 1.54) is 23.8 Å². The van der Waals surface area contributed by atoms with Crippen molar-refractivity contribution >= 4 is 56.5 Å². The van der Waals surface area contributed by atoms with Crippen molar-refractivity contribution in [1.29, 1.82) is 0 Å². The van der Waals surface area contributed by atoms with Crippen LogP contribution in [0.4, 0.5) is 5.69 Å². The molecule has 32 heavy (non-hydrogen) atoms. The second kappa shape index (κ2) is 10.7. The number of hydrogen-bond acceptors (Lipinski definition) is 7. The molecule has 1 aliphatic rings. The van der Waals surface area contributed by atoms with E-state index >= 15 is 0 Å². The number of ether oxygens (including phenoxy) is 3. The predicted molar refractivity (Wildman–Crippen MR) is 130 cm³/mol. The van der Waals surface area contributed by atoms with Gasteiger partial charge in [0.2, 0.25) is 0 Å². The molecule has 9 heteroatoms. The quantitative estimate of drug-likeness (QED) is 0.367.